The zero-order valence-corrected chi connectivity index (χ0v) is 15.6. The Kier molecular flexibility index (Phi) is 4.38. The van der Waals surface area contributed by atoms with Gasteiger partial charge >= 0.3 is 0 Å². The second kappa shape index (κ2) is 6.24. The molecule has 0 atom stereocenters. The second-order valence-electron chi connectivity index (χ2n) is 7.03. The molecule has 0 unspecified atom stereocenters. The number of fused-ring (bicyclic) bond motifs is 1. The van der Waals surface area contributed by atoms with E-state index in [0.717, 1.165) is 16.7 Å². The molecule has 0 saturated heterocycles. The fraction of sp³-hybridized carbons (Fsp3) is 0.333. The number of rotatable bonds is 4. The Morgan fingerprint density at radius 2 is 1.80 bits per heavy atom. The molecule has 0 bridgehead atoms. The molecule has 6 nitrogen and oxygen atoms in total. The first-order valence-corrected chi connectivity index (χ1v) is 9.53. The van der Waals surface area contributed by atoms with Crippen molar-refractivity contribution in [2.75, 3.05) is 0 Å². The molecule has 3 rings (SSSR count). The summed E-state index contributed by atoms with van der Waals surface area (Å²) in [4.78, 5) is 8.94. The number of aromatic nitrogens is 3. The van der Waals surface area contributed by atoms with Crippen LogP contribution in [0.15, 0.2) is 47.5 Å². The van der Waals surface area contributed by atoms with E-state index in [1.54, 1.807) is 29.0 Å². The van der Waals surface area contributed by atoms with Crippen LogP contribution in [0.4, 0.5) is 0 Å². The maximum absolute atomic E-state index is 12.5. The highest BCUT2D eigenvalue weighted by atomic mass is 32.2. The van der Waals surface area contributed by atoms with Gasteiger partial charge in [-0.05, 0) is 35.2 Å². The van der Waals surface area contributed by atoms with Crippen LogP contribution in [-0.2, 0) is 29.0 Å². The van der Waals surface area contributed by atoms with Crippen molar-refractivity contribution >= 4 is 21.2 Å². The van der Waals surface area contributed by atoms with E-state index in [9.17, 15) is 8.42 Å². The molecule has 0 spiro atoms. The van der Waals surface area contributed by atoms with Gasteiger partial charge in [-0.15, -0.1) is 0 Å². The van der Waals surface area contributed by atoms with Crippen LogP contribution in [0.3, 0.4) is 0 Å². The lowest BCUT2D eigenvalue weighted by molar-refractivity contribution is 0.575. The minimum Gasteiger partial charge on any atom is -0.315 e. The molecule has 1 N–H and O–H groups in total. The lowest BCUT2D eigenvalue weighted by atomic mass is 9.87. The third kappa shape index (κ3) is 3.57. The average Bonchev–Trinajstić information content (AvgIpc) is 2.89. The zero-order chi connectivity index (χ0) is 18.2. The summed E-state index contributed by atoms with van der Waals surface area (Å²) in [5.74, 6) is 0.614. The van der Waals surface area contributed by atoms with Crippen molar-refractivity contribution in [1.82, 2.24) is 19.3 Å². The normalized spacial score (nSPS) is 12.6. The highest BCUT2D eigenvalue weighted by Crippen LogP contribution is 2.23. The topological polar surface area (TPSA) is 76.9 Å². The number of hydrogen-bond acceptors (Lipinski definition) is 4. The molecule has 0 radical (unpaired) electrons. The van der Waals surface area contributed by atoms with E-state index in [1.807, 2.05) is 25.2 Å². The van der Waals surface area contributed by atoms with Crippen molar-refractivity contribution in [3.05, 3.63) is 54.0 Å². The van der Waals surface area contributed by atoms with Crippen LogP contribution in [0.5, 0.6) is 0 Å². The second-order valence-corrected chi connectivity index (χ2v) is 8.80. The molecule has 7 heteroatoms. The number of sulfonamides is 1. The molecule has 1 aromatic carbocycles. The smallest absolute Gasteiger partial charge is 0.240 e. The first-order chi connectivity index (χ1) is 11.7. The number of hydrogen-bond donors (Lipinski definition) is 1. The van der Waals surface area contributed by atoms with E-state index in [2.05, 4.69) is 35.5 Å². The summed E-state index contributed by atoms with van der Waals surface area (Å²) in [6.45, 7) is 6.38. The Labute approximate surface area is 148 Å². The molecular formula is C18H22N4O2S. The van der Waals surface area contributed by atoms with Crippen molar-refractivity contribution in [3.63, 3.8) is 0 Å². The van der Waals surface area contributed by atoms with Crippen molar-refractivity contribution in [2.45, 2.75) is 37.6 Å². The van der Waals surface area contributed by atoms with Gasteiger partial charge < -0.3 is 4.57 Å². The SMILES string of the molecule is Cn1c(CNS(=O)(=O)c2ccc(C(C)(C)C)cc2)nc2cccnc21. The molecule has 2 heterocycles. The summed E-state index contributed by atoms with van der Waals surface area (Å²) in [7, 11) is -1.78. The van der Waals surface area contributed by atoms with Crippen LogP contribution >= 0.6 is 0 Å². The lowest BCUT2D eigenvalue weighted by Crippen LogP contribution is -2.25. The predicted octanol–water partition coefficient (Wildman–Crippen LogP) is 2.74. The molecule has 132 valence electrons. The first-order valence-electron chi connectivity index (χ1n) is 8.05. The molecule has 3 aromatic rings. The average molecular weight is 358 g/mol. The quantitative estimate of drug-likeness (QED) is 0.778. The van der Waals surface area contributed by atoms with E-state index < -0.39 is 10.0 Å². The van der Waals surface area contributed by atoms with Gasteiger partial charge in [0, 0.05) is 13.2 Å². The highest BCUT2D eigenvalue weighted by molar-refractivity contribution is 7.89. The van der Waals surface area contributed by atoms with Gasteiger partial charge in [0.1, 0.15) is 11.3 Å². The fourth-order valence-electron chi connectivity index (χ4n) is 2.61. The monoisotopic (exact) mass is 358 g/mol. The molecule has 0 aliphatic rings. The zero-order valence-electron chi connectivity index (χ0n) is 14.8. The van der Waals surface area contributed by atoms with E-state index in [1.165, 1.54) is 0 Å². The Morgan fingerprint density at radius 3 is 2.40 bits per heavy atom. The van der Waals surface area contributed by atoms with Gasteiger partial charge in [0.15, 0.2) is 5.65 Å². The summed E-state index contributed by atoms with van der Waals surface area (Å²) >= 11 is 0. The lowest BCUT2D eigenvalue weighted by Gasteiger charge is -2.19. The Balaban J connectivity index is 1.80. The standard InChI is InChI=1S/C18H22N4O2S/c1-18(2,3)13-7-9-14(10-8-13)25(23,24)20-12-16-21-15-6-5-11-19-17(15)22(16)4/h5-11,20H,12H2,1-4H3. The maximum atomic E-state index is 12.5. The van der Waals surface area contributed by atoms with Crippen LogP contribution in [0.2, 0.25) is 0 Å². The molecule has 0 saturated carbocycles. The number of aryl methyl sites for hydroxylation is 1. The van der Waals surface area contributed by atoms with Crippen LogP contribution in [0.25, 0.3) is 11.2 Å². The van der Waals surface area contributed by atoms with Gasteiger partial charge in [0.05, 0.1) is 11.4 Å². The Morgan fingerprint density at radius 1 is 1.12 bits per heavy atom. The van der Waals surface area contributed by atoms with Crippen molar-refractivity contribution in [3.8, 4) is 0 Å². The highest BCUT2D eigenvalue weighted by Gasteiger charge is 2.18. The summed E-state index contributed by atoms with van der Waals surface area (Å²) in [6, 6.07) is 10.6. The maximum Gasteiger partial charge on any atom is 0.240 e. The van der Waals surface area contributed by atoms with Gasteiger partial charge in [-0.3, -0.25) is 0 Å². The van der Waals surface area contributed by atoms with Gasteiger partial charge in [-0.1, -0.05) is 32.9 Å². The Bertz CT molecular complexity index is 1000. The van der Waals surface area contributed by atoms with Crippen molar-refractivity contribution in [2.24, 2.45) is 7.05 Å². The first kappa shape index (κ1) is 17.6. The van der Waals surface area contributed by atoms with Crippen LogP contribution in [0, 0.1) is 0 Å². The number of nitrogens with zero attached hydrogens (tertiary/aromatic N) is 3. The van der Waals surface area contributed by atoms with Gasteiger partial charge in [-0.25, -0.2) is 23.1 Å². The minimum atomic E-state index is -3.60. The third-order valence-corrected chi connectivity index (χ3v) is 5.59. The summed E-state index contributed by atoms with van der Waals surface area (Å²) in [5.41, 5.74) is 2.54. The molecule has 0 aliphatic carbocycles. The number of nitrogens with one attached hydrogen (secondary N) is 1. The van der Waals surface area contributed by atoms with E-state index in [0.29, 0.717) is 5.82 Å². The molecule has 0 aliphatic heterocycles. The fourth-order valence-corrected chi connectivity index (χ4v) is 3.59. The van der Waals surface area contributed by atoms with E-state index >= 15 is 0 Å². The van der Waals surface area contributed by atoms with Gasteiger partial charge in [0.25, 0.3) is 0 Å². The number of imidazole rings is 1. The molecule has 0 amide bonds. The van der Waals surface area contributed by atoms with Gasteiger partial charge in [0.2, 0.25) is 10.0 Å². The third-order valence-electron chi connectivity index (χ3n) is 4.17. The summed E-state index contributed by atoms with van der Waals surface area (Å²) in [6.07, 6.45) is 1.69. The molecule has 0 fully saturated rings. The minimum absolute atomic E-state index is 0.0181. The predicted molar refractivity (Wildman–Crippen MR) is 97.7 cm³/mol. The van der Waals surface area contributed by atoms with Gasteiger partial charge in [-0.2, -0.15) is 0 Å². The van der Waals surface area contributed by atoms with Crippen LogP contribution in [0.1, 0.15) is 32.2 Å². The summed E-state index contributed by atoms with van der Waals surface area (Å²) < 4.78 is 29.5. The van der Waals surface area contributed by atoms with E-state index in [-0.39, 0.29) is 16.9 Å². The summed E-state index contributed by atoms with van der Waals surface area (Å²) in [5, 5.41) is 0. The van der Waals surface area contributed by atoms with Crippen LogP contribution < -0.4 is 4.72 Å². The molecule has 25 heavy (non-hydrogen) atoms. The van der Waals surface area contributed by atoms with E-state index in [4.69, 9.17) is 0 Å². The Hall–Kier alpha value is -2.25. The molecular weight excluding hydrogens is 336 g/mol. The van der Waals surface area contributed by atoms with Crippen LogP contribution in [-0.4, -0.2) is 23.0 Å². The number of pyridine rings is 1. The van der Waals surface area contributed by atoms with Crippen molar-refractivity contribution in [1.29, 1.82) is 0 Å². The largest absolute Gasteiger partial charge is 0.315 e. The number of benzene rings is 1. The van der Waals surface area contributed by atoms with Crippen molar-refractivity contribution < 1.29 is 8.42 Å². The molecule has 2 aromatic heterocycles.